The maximum Gasteiger partial charge on any atom is 0.216 e. The highest BCUT2D eigenvalue weighted by Gasteiger charge is 2.12. The summed E-state index contributed by atoms with van der Waals surface area (Å²) in [6.07, 6.45) is 1.82. The monoisotopic (exact) mass is 382 g/mol. The van der Waals surface area contributed by atoms with Gasteiger partial charge in [-0.05, 0) is 62.3 Å². The van der Waals surface area contributed by atoms with Crippen molar-refractivity contribution in [3.05, 3.63) is 57.4 Å². The van der Waals surface area contributed by atoms with Crippen molar-refractivity contribution in [1.29, 1.82) is 0 Å². The Kier molecular flexibility index (Phi) is 5.41. The summed E-state index contributed by atoms with van der Waals surface area (Å²) in [6.45, 7) is 6.23. The summed E-state index contributed by atoms with van der Waals surface area (Å²) in [5.74, 6) is 1.86. The van der Waals surface area contributed by atoms with Gasteiger partial charge < -0.3 is 9.47 Å². The predicted octanol–water partition coefficient (Wildman–Crippen LogP) is 4.43. The number of aryl methyl sites for hydroxylation is 3. The molecule has 7 heteroatoms. The Balaban J connectivity index is 2.05. The molecule has 0 spiro atoms. The van der Waals surface area contributed by atoms with Crippen molar-refractivity contribution in [2.75, 3.05) is 14.2 Å². The number of nitrogens with one attached hydrogen (secondary N) is 1. The van der Waals surface area contributed by atoms with Crippen LogP contribution in [-0.2, 0) is 0 Å². The average molecular weight is 382 g/mol. The molecule has 1 heterocycles. The highest BCUT2D eigenvalue weighted by molar-refractivity contribution is 7.71. The molecule has 0 bridgehead atoms. The minimum absolute atomic E-state index is 0.415. The van der Waals surface area contributed by atoms with Crippen LogP contribution in [0.1, 0.15) is 22.3 Å². The van der Waals surface area contributed by atoms with Crippen LogP contribution in [0.25, 0.3) is 11.4 Å². The Morgan fingerprint density at radius 1 is 1.04 bits per heavy atom. The summed E-state index contributed by atoms with van der Waals surface area (Å²) in [6, 6.07) is 9.84. The second-order valence-corrected chi connectivity index (χ2v) is 6.68. The molecule has 2 aromatic carbocycles. The molecule has 0 aliphatic rings. The molecular weight excluding hydrogens is 360 g/mol. The molecule has 0 unspecified atom stereocenters. The van der Waals surface area contributed by atoms with Crippen molar-refractivity contribution in [2.45, 2.75) is 20.8 Å². The Bertz CT molecular complexity index is 1040. The van der Waals surface area contributed by atoms with Crippen LogP contribution in [0.4, 0.5) is 0 Å². The smallest absolute Gasteiger partial charge is 0.216 e. The Hall–Kier alpha value is -2.93. The summed E-state index contributed by atoms with van der Waals surface area (Å²) in [5.41, 5.74) is 5.45. The van der Waals surface area contributed by atoms with Crippen LogP contribution in [0.5, 0.6) is 11.5 Å². The van der Waals surface area contributed by atoms with Crippen molar-refractivity contribution >= 4 is 18.4 Å². The first-order valence-corrected chi connectivity index (χ1v) is 8.87. The lowest BCUT2D eigenvalue weighted by atomic mass is 10.0. The molecule has 0 aliphatic carbocycles. The van der Waals surface area contributed by atoms with Crippen molar-refractivity contribution in [3.63, 3.8) is 0 Å². The first-order chi connectivity index (χ1) is 12.9. The van der Waals surface area contributed by atoms with Gasteiger partial charge in [0.1, 0.15) is 0 Å². The first kappa shape index (κ1) is 18.8. The van der Waals surface area contributed by atoms with E-state index in [0.717, 1.165) is 11.1 Å². The fourth-order valence-corrected chi connectivity index (χ4v) is 3.25. The summed E-state index contributed by atoms with van der Waals surface area (Å²) < 4.78 is 12.7. The molecule has 140 valence electrons. The molecule has 0 saturated carbocycles. The number of rotatable bonds is 5. The zero-order valence-electron chi connectivity index (χ0n) is 16.0. The van der Waals surface area contributed by atoms with Crippen molar-refractivity contribution in [3.8, 4) is 22.9 Å². The lowest BCUT2D eigenvalue weighted by Gasteiger charge is -2.09. The van der Waals surface area contributed by atoms with Gasteiger partial charge in [0.05, 0.1) is 20.4 Å². The van der Waals surface area contributed by atoms with Gasteiger partial charge in [0.15, 0.2) is 17.3 Å². The van der Waals surface area contributed by atoms with Crippen LogP contribution in [0.15, 0.2) is 35.4 Å². The van der Waals surface area contributed by atoms with Crippen LogP contribution in [0.2, 0.25) is 0 Å². The number of methoxy groups -OCH3 is 2. The Morgan fingerprint density at radius 2 is 1.70 bits per heavy atom. The van der Waals surface area contributed by atoms with E-state index in [1.165, 1.54) is 16.7 Å². The molecule has 1 aromatic heterocycles. The maximum atomic E-state index is 5.38. The van der Waals surface area contributed by atoms with Gasteiger partial charge in [0.2, 0.25) is 4.77 Å². The molecule has 6 nitrogen and oxygen atoms in total. The van der Waals surface area contributed by atoms with E-state index in [4.69, 9.17) is 21.7 Å². The number of ether oxygens (including phenoxy) is 2. The maximum absolute atomic E-state index is 5.38. The molecule has 3 rings (SSSR count). The molecule has 0 saturated heterocycles. The second kappa shape index (κ2) is 7.75. The summed E-state index contributed by atoms with van der Waals surface area (Å²) in [5, 5.41) is 11.7. The van der Waals surface area contributed by atoms with Gasteiger partial charge in [-0.15, -0.1) is 0 Å². The van der Waals surface area contributed by atoms with E-state index in [-0.39, 0.29) is 0 Å². The van der Waals surface area contributed by atoms with Crippen LogP contribution < -0.4 is 9.47 Å². The molecule has 0 radical (unpaired) electrons. The molecule has 0 aliphatic heterocycles. The van der Waals surface area contributed by atoms with Crippen LogP contribution in [-0.4, -0.2) is 35.3 Å². The van der Waals surface area contributed by atoms with Gasteiger partial charge in [-0.2, -0.15) is 14.9 Å². The third kappa shape index (κ3) is 3.78. The van der Waals surface area contributed by atoms with E-state index < -0.39 is 0 Å². The molecule has 1 N–H and O–H groups in total. The number of H-pyrrole nitrogens is 1. The number of nitrogens with zero attached hydrogens (tertiary/aromatic N) is 3. The minimum Gasteiger partial charge on any atom is -0.493 e. The summed E-state index contributed by atoms with van der Waals surface area (Å²) in [4.78, 5) is 0. The van der Waals surface area contributed by atoms with E-state index in [0.29, 0.717) is 22.1 Å². The van der Waals surface area contributed by atoms with Crippen molar-refractivity contribution in [1.82, 2.24) is 14.9 Å². The molecule has 27 heavy (non-hydrogen) atoms. The molecular formula is C20H22N4O2S. The average Bonchev–Trinajstić information content (AvgIpc) is 3.01. The highest BCUT2D eigenvalue weighted by atomic mass is 32.1. The Labute approximate surface area is 163 Å². The van der Waals surface area contributed by atoms with Crippen LogP contribution in [0.3, 0.4) is 0 Å². The van der Waals surface area contributed by atoms with E-state index >= 15 is 0 Å². The largest absolute Gasteiger partial charge is 0.493 e. The zero-order valence-corrected chi connectivity index (χ0v) is 16.8. The van der Waals surface area contributed by atoms with Gasteiger partial charge in [0.25, 0.3) is 0 Å². The number of hydrogen-bond donors (Lipinski definition) is 1. The lowest BCUT2D eigenvalue weighted by Crippen LogP contribution is -1.99. The minimum atomic E-state index is 0.415. The Morgan fingerprint density at radius 3 is 2.33 bits per heavy atom. The van der Waals surface area contributed by atoms with Gasteiger partial charge in [-0.25, -0.2) is 5.10 Å². The number of aromatic nitrogens is 3. The van der Waals surface area contributed by atoms with Crippen LogP contribution >= 0.6 is 12.2 Å². The molecule has 0 atom stereocenters. The molecule has 0 fully saturated rings. The zero-order chi connectivity index (χ0) is 19.6. The normalized spacial score (nSPS) is 11.1. The second-order valence-electron chi connectivity index (χ2n) is 6.29. The predicted molar refractivity (Wildman–Crippen MR) is 110 cm³/mol. The SMILES string of the molecule is COc1ccc(-c2n[nH]c(=S)n2N=Cc2c(C)cc(C)cc2C)cc1OC. The summed E-state index contributed by atoms with van der Waals surface area (Å²) in [7, 11) is 3.20. The number of aromatic amines is 1. The standard InChI is InChI=1S/C20H22N4O2S/c1-12-8-13(2)16(14(3)9-12)11-21-24-19(22-23-20(24)27)15-6-7-17(25-4)18(10-15)26-5/h6-11H,1-5H3,(H,23,27). The van der Waals surface area contributed by atoms with Crippen molar-refractivity contribution in [2.24, 2.45) is 5.10 Å². The fourth-order valence-electron chi connectivity index (χ4n) is 3.07. The van der Waals surface area contributed by atoms with E-state index in [1.807, 2.05) is 24.4 Å². The number of benzene rings is 2. The molecule has 0 amide bonds. The van der Waals surface area contributed by atoms with Gasteiger partial charge >= 0.3 is 0 Å². The highest BCUT2D eigenvalue weighted by Crippen LogP contribution is 2.31. The first-order valence-electron chi connectivity index (χ1n) is 8.46. The van der Waals surface area contributed by atoms with Crippen molar-refractivity contribution < 1.29 is 9.47 Å². The van der Waals surface area contributed by atoms with Gasteiger partial charge in [-0.1, -0.05) is 17.7 Å². The summed E-state index contributed by atoms with van der Waals surface area (Å²) >= 11 is 5.36. The van der Waals surface area contributed by atoms with Gasteiger partial charge in [0, 0.05) is 11.1 Å². The third-order valence-electron chi connectivity index (χ3n) is 4.33. The van der Waals surface area contributed by atoms with E-state index in [1.54, 1.807) is 18.9 Å². The molecule has 3 aromatic rings. The van der Waals surface area contributed by atoms with Gasteiger partial charge in [-0.3, -0.25) is 0 Å². The quantitative estimate of drug-likeness (QED) is 0.524. The topological polar surface area (TPSA) is 64.4 Å². The third-order valence-corrected chi connectivity index (χ3v) is 4.60. The van der Waals surface area contributed by atoms with Crippen LogP contribution in [0, 0.1) is 25.5 Å². The van der Waals surface area contributed by atoms with E-state index in [2.05, 4.69) is 48.2 Å². The number of hydrogen-bond acceptors (Lipinski definition) is 5. The van der Waals surface area contributed by atoms with E-state index in [9.17, 15) is 0 Å². The fraction of sp³-hybridized carbons (Fsp3) is 0.250. The lowest BCUT2D eigenvalue weighted by molar-refractivity contribution is 0.355.